The average Bonchev–Trinajstić information content (AvgIpc) is 2.61. The second-order valence-electron chi connectivity index (χ2n) is 5.83. The number of halogens is 1. The molecule has 2 unspecified atom stereocenters. The Labute approximate surface area is 149 Å². The van der Waals surface area contributed by atoms with Gasteiger partial charge in [-0.25, -0.2) is 0 Å². The molecule has 0 heterocycles. The van der Waals surface area contributed by atoms with E-state index in [-0.39, 0.29) is 5.91 Å². The van der Waals surface area contributed by atoms with Crippen molar-refractivity contribution in [2.75, 3.05) is 5.32 Å². The van der Waals surface area contributed by atoms with Crippen molar-refractivity contribution in [3.63, 3.8) is 0 Å². The lowest BCUT2D eigenvalue weighted by atomic mass is 9.98. The zero-order valence-electron chi connectivity index (χ0n) is 14.4. The highest BCUT2D eigenvalue weighted by molar-refractivity contribution is 6.33. The summed E-state index contributed by atoms with van der Waals surface area (Å²) < 4.78 is 6.04. The molecule has 0 fully saturated rings. The molecule has 0 aliphatic carbocycles. The number of anilines is 1. The molecule has 24 heavy (non-hydrogen) atoms. The van der Waals surface area contributed by atoms with Gasteiger partial charge in [-0.3, -0.25) is 4.79 Å². The summed E-state index contributed by atoms with van der Waals surface area (Å²) in [6.45, 7) is 6.23. The molecule has 2 aromatic rings. The van der Waals surface area contributed by atoms with Crippen LogP contribution in [0.2, 0.25) is 5.02 Å². The Kier molecular flexibility index (Phi) is 6.68. The fourth-order valence-corrected chi connectivity index (χ4v) is 2.65. The second kappa shape index (κ2) is 8.74. The van der Waals surface area contributed by atoms with E-state index >= 15 is 0 Å². The molecule has 0 spiro atoms. The summed E-state index contributed by atoms with van der Waals surface area (Å²) in [6, 6.07) is 15.1. The summed E-state index contributed by atoms with van der Waals surface area (Å²) in [5, 5.41) is 3.36. The highest BCUT2D eigenvalue weighted by Gasteiger charge is 2.21. The Bertz CT molecular complexity index is 687. The van der Waals surface area contributed by atoms with Gasteiger partial charge in [-0.05, 0) is 42.5 Å². The molecule has 0 aliphatic heterocycles. The molecular weight excluding hydrogens is 322 g/mol. The van der Waals surface area contributed by atoms with Crippen molar-refractivity contribution in [3.05, 3.63) is 59.1 Å². The number of carbonyl (C=O) groups is 1. The minimum atomic E-state index is -0.563. The molecule has 128 valence electrons. The quantitative estimate of drug-likeness (QED) is 0.704. The predicted molar refractivity (Wildman–Crippen MR) is 99.9 cm³/mol. The molecule has 0 aromatic heterocycles. The molecule has 1 N–H and O–H groups in total. The van der Waals surface area contributed by atoms with E-state index in [0.29, 0.717) is 23.0 Å². The number of carbonyl (C=O) groups excluding carboxylic acids is 1. The predicted octanol–water partition coefficient (Wildman–Crippen LogP) is 5.65. The fraction of sp³-hybridized carbons (Fsp3) is 0.350. The number of rotatable bonds is 7. The van der Waals surface area contributed by atoms with E-state index < -0.39 is 6.10 Å². The zero-order chi connectivity index (χ0) is 17.5. The first-order valence-corrected chi connectivity index (χ1v) is 8.75. The van der Waals surface area contributed by atoms with Crippen molar-refractivity contribution in [1.29, 1.82) is 0 Å². The van der Waals surface area contributed by atoms with Gasteiger partial charge in [0.2, 0.25) is 0 Å². The van der Waals surface area contributed by atoms with Gasteiger partial charge in [0.05, 0.1) is 10.7 Å². The third kappa shape index (κ3) is 4.51. The van der Waals surface area contributed by atoms with Crippen LogP contribution in [0.4, 0.5) is 5.69 Å². The summed E-state index contributed by atoms with van der Waals surface area (Å²) in [5.74, 6) is 0.961. The van der Waals surface area contributed by atoms with Crippen LogP contribution >= 0.6 is 11.6 Å². The summed E-state index contributed by atoms with van der Waals surface area (Å²) in [6.07, 6.45) is 1.03. The van der Waals surface area contributed by atoms with Gasteiger partial charge < -0.3 is 10.1 Å². The van der Waals surface area contributed by atoms with E-state index in [0.717, 1.165) is 17.7 Å². The van der Waals surface area contributed by atoms with Crippen LogP contribution in [-0.2, 0) is 4.79 Å². The molecule has 0 bridgehead atoms. The Morgan fingerprint density at radius 3 is 2.42 bits per heavy atom. The fourth-order valence-electron chi connectivity index (χ4n) is 2.47. The molecular formula is C20H24ClNO2. The van der Waals surface area contributed by atoms with E-state index in [4.69, 9.17) is 16.3 Å². The first kappa shape index (κ1) is 18.3. The standard InChI is InChI=1S/C20H24ClNO2/c1-4-14(3)15-10-6-9-13-19(15)24-18(5-2)20(23)22-17-12-8-7-11-16(17)21/h6-14,18H,4-5H2,1-3H3,(H,22,23). The van der Waals surface area contributed by atoms with Gasteiger partial charge in [-0.2, -0.15) is 0 Å². The molecule has 2 aromatic carbocycles. The summed E-state index contributed by atoms with van der Waals surface area (Å²) >= 11 is 6.11. The molecule has 0 aliphatic rings. The maximum Gasteiger partial charge on any atom is 0.265 e. The van der Waals surface area contributed by atoms with Crippen molar-refractivity contribution in [3.8, 4) is 5.75 Å². The second-order valence-corrected chi connectivity index (χ2v) is 6.24. The molecule has 0 saturated carbocycles. The van der Waals surface area contributed by atoms with Crippen LogP contribution in [0.3, 0.4) is 0 Å². The Hall–Kier alpha value is -2.00. The lowest BCUT2D eigenvalue weighted by Crippen LogP contribution is -2.32. The van der Waals surface area contributed by atoms with Gasteiger partial charge in [-0.1, -0.05) is 62.7 Å². The molecule has 0 saturated heterocycles. The van der Waals surface area contributed by atoms with E-state index in [2.05, 4.69) is 25.2 Å². The van der Waals surface area contributed by atoms with Crippen molar-refractivity contribution in [2.24, 2.45) is 0 Å². The van der Waals surface area contributed by atoms with E-state index in [9.17, 15) is 4.79 Å². The monoisotopic (exact) mass is 345 g/mol. The summed E-state index contributed by atoms with van der Waals surface area (Å²) in [4.78, 5) is 12.6. The lowest BCUT2D eigenvalue weighted by Gasteiger charge is -2.21. The van der Waals surface area contributed by atoms with Crippen LogP contribution in [-0.4, -0.2) is 12.0 Å². The van der Waals surface area contributed by atoms with Crippen LogP contribution in [0.25, 0.3) is 0 Å². The lowest BCUT2D eigenvalue weighted by molar-refractivity contribution is -0.122. The van der Waals surface area contributed by atoms with Crippen LogP contribution in [0, 0.1) is 0 Å². The minimum absolute atomic E-state index is 0.190. The average molecular weight is 346 g/mol. The number of ether oxygens (including phenoxy) is 1. The minimum Gasteiger partial charge on any atom is -0.480 e. The van der Waals surface area contributed by atoms with Gasteiger partial charge in [0, 0.05) is 0 Å². The Balaban J connectivity index is 2.15. The maximum atomic E-state index is 12.6. The van der Waals surface area contributed by atoms with Crippen molar-refractivity contribution < 1.29 is 9.53 Å². The molecule has 2 rings (SSSR count). The molecule has 4 heteroatoms. The van der Waals surface area contributed by atoms with Gasteiger partial charge in [-0.15, -0.1) is 0 Å². The summed E-state index contributed by atoms with van der Waals surface area (Å²) in [5.41, 5.74) is 1.73. The topological polar surface area (TPSA) is 38.3 Å². The number of benzene rings is 2. The third-order valence-corrected chi connectivity index (χ3v) is 4.46. The highest BCUT2D eigenvalue weighted by atomic mass is 35.5. The van der Waals surface area contributed by atoms with E-state index in [1.54, 1.807) is 12.1 Å². The number of hydrogen-bond acceptors (Lipinski definition) is 2. The number of nitrogens with one attached hydrogen (secondary N) is 1. The van der Waals surface area contributed by atoms with Crippen LogP contribution in [0.5, 0.6) is 5.75 Å². The highest BCUT2D eigenvalue weighted by Crippen LogP contribution is 2.30. The van der Waals surface area contributed by atoms with Gasteiger partial charge in [0.1, 0.15) is 5.75 Å². The third-order valence-electron chi connectivity index (χ3n) is 4.13. The number of amides is 1. The SMILES string of the molecule is CCC(Oc1ccccc1C(C)CC)C(=O)Nc1ccccc1Cl. The largest absolute Gasteiger partial charge is 0.480 e. The smallest absolute Gasteiger partial charge is 0.265 e. The van der Waals surface area contributed by atoms with Crippen molar-refractivity contribution in [1.82, 2.24) is 0 Å². The van der Waals surface area contributed by atoms with E-state index in [1.165, 1.54) is 0 Å². The molecule has 0 radical (unpaired) electrons. The van der Waals surface area contributed by atoms with Crippen LogP contribution < -0.4 is 10.1 Å². The normalized spacial score (nSPS) is 13.2. The van der Waals surface area contributed by atoms with Gasteiger partial charge in [0.15, 0.2) is 6.10 Å². The first-order chi connectivity index (χ1) is 11.6. The number of hydrogen-bond donors (Lipinski definition) is 1. The first-order valence-electron chi connectivity index (χ1n) is 8.37. The van der Waals surface area contributed by atoms with Crippen molar-refractivity contribution >= 4 is 23.2 Å². The maximum absolute atomic E-state index is 12.6. The van der Waals surface area contributed by atoms with Crippen LogP contribution in [0.1, 0.15) is 45.1 Å². The molecule has 3 nitrogen and oxygen atoms in total. The molecule has 1 amide bonds. The number of para-hydroxylation sites is 2. The van der Waals surface area contributed by atoms with Gasteiger partial charge in [0.25, 0.3) is 5.91 Å². The van der Waals surface area contributed by atoms with Gasteiger partial charge >= 0.3 is 0 Å². The van der Waals surface area contributed by atoms with Crippen molar-refractivity contribution in [2.45, 2.75) is 45.6 Å². The Morgan fingerprint density at radius 2 is 1.75 bits per heavy atom. The Morgan fingerprint density at radius 1 is 1.08 bits per heavy atom. The van der Waals surface area contributed by atoms with E-state index in [1.807, 2.05) is 37.3 Å². The zero-order valence-corrected chi connectivity index (χ0v) is 15.1. The summed E-state index contributed by atoms with van der Waals surface area (Å²) in [7, 11) is 0. The van der Waals surface area contributed by atoms with Crippen LogP contribution in [0.15, 0.2) is 48.5 Å². The molecule has 2 atom stereocenters.